The Hall–Kier alpha value is -4.09. The number of carboxylic acid groups (broad SMARTS) is 1. The summed E-state index contributed by atoms with van der Waals surface area (Å²) in [7, 11) is 1.72. The number of anilines is 1. The summed E-state index contributed by atoms with van der Waals surface area (Å²) in [6.07, 6.45) is -3.04. The first kappa shape index (κ1) is 26.5. The number of pyridine rings is 1. The van der Waals surface area contributed by atoms with Crippen LogP contribution in [0.25, 0.3) is 33.2 Å². The van der Waals surface area contributed by atoms with E-state index in [-0.39, 0.29) is 33.1 Å². The van der Waals surface area contributed by atoms with Gasteiger partial charge in [-0.05, 0) is 43.3 Å². The van der Waals surface area contributed by atoms with Crippen LogP contribution in [0, 0.1) is 0 Å². The Morgan fingerprint density at radius 2 is 1.90 bits per heavy atom. The van der Waals surface area contributed by atoms with Gasteiger partial charge in [-0.15, -0.1) is 0 Å². The molecule has 3 aromatic heterocycles. The Kier molecular flexibility index (Phi) is 6.51. The van der Waals surface area contributed by atoms with Crippen molar-refractivity contribution in [3.05, 3.63) is 85.9 Å². The molecule has 8 nitrogen and oxygen atoms in total. The minimum absolute atomic E-state index is 0.0114. The van der Waals surface area contributed by atoms with E-state index in [4.69, 9.17) is 27.6 Å². The second-order valence-corrected chi connectivity index (χ2v) is 9.61. The van der Waals surface area contributed by atoms with Crippen molar-refractivity contribution in [2.75, 3.05) is 5.32 Å². The van der Waals surface area contributed by atoms with Crippen LogP contribution in [0.4, 0.5) is 18.9 Å². The molecule has 13 heteroatoms. The highest BCUT2D eigenvalue weighted by Crippen LogP contribution is 2.38. The molecule has 39 heavy (non-hydrogen) atoms. The molecule has 0 radical (unpaired) electrons. The third kappa shape index (κ3) is 5.02. The third-order valence-corrected chi connectivity index (χ3v) is 6.55. The lowest BCUT2D eigenvalue weighted by atomic mass is 9.99. The Morgan fingerprint density at radius 1 is 1.15 bits per heavy atom. The zero-order valence-corrected chi connectivity index (χ0v) is 21.6. The number of aromatic nitrogens is 3. The Morgan fingerprint density at radius 3 is 2.59 bits per heavy atom. The Labute approximate surface area is 227 Å². The maximum Gasteiger partial charge on any atom is 0.416 e. The van der Waals surface area contributed by atoms with Gasteiger partial charge in [-0.1, -0.05) is 23.2 Å². The number of benzene rings is 2. The van der Waals surface area contributed by atoms with Crippen LogP contribution in [-0.2, 0) is 13.2 Å². The molecule has 1 atom stereocenters. The van der Waals surface area contributed by atoms with Gasteiger partial charge in [0.15, 0.2) is 11.1 Å². The van der Waals surface area contributed by atoms with E-state index in [1.54, 1.807) is 30.1 Å². The van der Waals surface area contributed by atoms with Crippen LogP contribution in [-0.4, -0.2) is 25.8 Å². The highest BCUT2D eigenvalue weighted by molar-refractivity contribution is 6.35. The van der Waals surface area contributed by atoms with E-state index >= 15 is 0 Å². The molecule has 0 amide bonds. The zero-order chi connectivity index (χ0) is 28.2. The Bertz CT molecular complexity index is 1850. The molecule has 0 aliphatic heterocycles. The number of carboxylic acids is 1. The molecule has 0 spiro atoms. The number of fused-ring (bicyclic) bond motifs is 2. The SMILES string of the molecule is CC(Nc1ccc(Cl)nc1C(=O)O)c1cc(C(F)(F)F)cc2c(=O)cc(-c3cc(Cl)c4nn(C)cc4c3)oc12. The predicted molar refractivity (Wildman–Crippen MR) is 140 cm³/mol. The topological polar surface area (TPSA) is 110 Å². The fourth-order valence-corrected chi connectivity index (χ4v) is 4.70. The normalized spacial score (nSPS) is 12.7. The fraction of sp³-hybridized carbons (Fsp3) is 0.154. The minimum Gasteiger partial charge on any atom is -0.476 e. The summed E-state index contributed by atoms with van der Waals surface area (Å²) in [6, 6.07) is 7.65. The molecular weight excluding hydrogens is 560 g/mol. The smallest absolute Gasteiger partial charge is 0.416 e. The van der Waals surface area contributed by atoms with Gasteiger partial charge >= 0.3 is 12.1 Å². The highest BCUT2D eigenvalue weighted by atomic mass is 35.5. The molecule has 0 saturated carbocycles. The first-order valence-corrected chi connectivity index (χ1v) is 12.1. The van der Waals surface area contributed by atoms with Crippen molar-refractivity contribution in [2.24, 2.45) is 7.05 Å². The summed E-state index contributed by atoms with van der Waals surface area (Å²) < 4.78 is 49.0. The molecule has 0 fully saturated rings. The van der Waals surface area contributed by atoms with E-state index in [0.29, 0.717) is 21.5 Å². The fourth-order valence-electron chi connectivity index (χ4n) is 4.29. The Balaban J connectivity index is 1.71. The van der Waals surface area contributed by atoms with E-state index in [0.717, 1.165) is 18.2 Å². The van der Waals surface area contributed by atoms with Gasteiger partial charge in [0.05, 0.1) is 27.7 Å². The summed E-state index contributed by atoms with van der Waals surface area (Å²) in [4.78, 5) is 28.6. The molecule has 2 aromatic carbocycles. The number of rotatable bonds is 5. The van der Waals surface area contributed by atoms with Crippen LogP contribution in [0.1, 0.15) is 34.6 Å². The molecule has 200 valence electrons. The van der Waals surface area contributed by atoms with Crippen LogP contribution in [0.5, 0.6) is 0 Å². The number of hydrogen-bond acceptors (Lipinski definition) is 6. The lowest BCUT2D eigenvalue weighted by Gasteiger charge is -2.20. The summed E-state index contributed by atoms with van der Waals surface area (Å²) in [5, 5.41) is 17.2. The van der Waals surface area contributed by atoms with Gasteiger partial charge in [0.2, 0.25) is 0 Å². The van der Waals surface area contributed by atoms with Gasteiger partial charge in [0.1, 0.15) is 22.0 Å². The second kappa shape index (κ2) is 9.58. The number of hydrogen-bond donors (Lipinski definition) is 2. The lowest BCUT2D eigenvalue weighted by molar-refractivity contribution is -0.137. The van der Waals surface area contributed by atoms with Crippen molar-refractivity contribution in [3.63, 3.8) is 0 Å². The standard InChI is InChI=1S/C26H17Cl2F3N4O4/c1-11(32-18-3-4-21(28)33-23(18)25(37)38)15-7-14(26(29,30)31)8-16-19(36)9-20(39-24(15)16)12-5-13-10-35(2)34-22(13)17(27)6-12/h3-11,32H,1-2H3,(H,37,38). The molecule has 0 aliphatic rings. The molecule has 1 unspecified atom stereocenters. The van der Waals surface area contributed by atoms with E-state index in [1.165, 1.54) is 19.1 Å². The summed E-state index contributed by atoms with van der Waals surface area (Å²) in [6.45, 7) is 1.50. The average Bonchev–Trinajstić information content (AvgIpc) is 3.24. The number of nitrogens with zero attached hydrogens (tertiary/aromatic N) is 3. The summed E-state index contributed by atoms with van der Waals surface area (Å²) in [5.41, 5.74) is -1.36. The van der Waals surface area contributed by atoms with Crippen molar-refractivity contribution >= 4 is 56.7 Å². The van der Waals surface area contributed by atoms with Crippen LogP contribution in [0.2, 0.25) is 10.2 Å². The van der Waals surface area contributed by atoms with E-state index < -0.39 is 34.9 Å². The average molecular weight is 577 g/mol. The van der Waals surface area contributed by atoms with Gasteiger partial charge < -0.3 is 14.8 Å². The molecule has 0 bridgehead atoms. The first-order chi connectivity index (χ1) is 18.3. The van der Waals surface area contributed by atoms with Crippen molar-refractivity contribution in [1.82, 2.24) is 14.8 Å². The first-order valence-electron chi connectivity index (χ1n) is 11.3. The zero-order valence-electron chi connectivity index (χ0n) is 20.1. The van der Waals surface area contributed by atoms with Gasteiger partial charge in [0.25, 0.3) is 0 Å². The maximum absolute atomic E-state index is 13.8. The van der Waals surface area contributed by atoms with Crippen LogP contribution in [0.15, 0.2) is 57.9 Å². The number of aryl methyl sites for hydroxylation is 1. The number of nitrogens with one attached hydrogen (secondary N) is 1. The van der Waals surface area contributed by atoms with Gasteiger partial charge in [-0.25, -0.2) is 9.78 Å². The van der Waals surface area contributed by atoms with E-state index in [2.05, 4.69) is 15.4 Å². The quantitative estimate of drug-likeness (QED) is 0.218. The van der Waals surface area contributed by atoms with Crippen LogP contribution >= 0.6 is 23.2 Å². The summed E-state index contributed by atoms with van der Waals surface area (Å²) in [5.74, 6) is -1.31. The molecule has 0 aliphatic carbocycles. The highest BCUT2D eigenvalue weighted by Gasteiger charge is 2.33. The van der Waals surface area contributed by atoms with E-state index in [9.17, 15) is 27.9 Å². The third-order valence-electron chi connectivity index (χ3n) is 6.05. The second-order valence-electron chi connectivity index (χ2n) is 8.81. The molecule has 3 heterocycles. The molecule has 5 aromatic rings. The predicted octanol–water partition coefficient (Wildman–Crippen LogP) is 6.94. The van der Waals surface area contributed by atoms with Crippen molar-refractivity contribution in [1.29, 1.82) is 0 Å². The van der Waals surface area contributed by atoms with Crippen molar-refractivity contribution < 1.29 is 27.5 Å². The molecule has 2 N–H and O–H groups in total. The van der Waals surface area contributed by atoms with E-state index in [1.807, 2.05) is 0 Å². The van der Waals surface area contributed by atoms with Crippen LogP contribution in [0.3, 0.4) is 0 Å². The van der Waals surface area contributed by atoms with Crippen molar-refractivity contribution in [2.45, 2.75) is 19.1 Å². The van der Waals surface area contributed by atoms with Crippen LogP contribution < -0.4 is 10.7 Å². The van der Waals surface area contributed by atoms with Gasteiger partial charge in [-0.2, -0.15) is 18.3 Å². The molecule has 5 rings (SSSR count). The summed E-state index contributed by atoms with van der Waals surface area (Å²) >= 11 is 12.2. The number of halogens is 5. The molecule has 0 saturated heterocycles. The number of carbonyl (C=O) groups is 1. The van der Waals surface area contributed by atoms with Gasteiger partial charge in [0, 0.05) is 35.8 Å². The molecular formula is C26H17Cl2F3N4O4. The lowest BCUT2D eigenvalue weighted by Crippen LogP contribution is -2.15. The van der Waals surface area contributed by atoms with Crippen molar-refractivity contribution in [3.8, 4) is 11.3 Å². The minimum atomic E-state index is -4.76. The monoisotopic (exact) mass is 576 g/mol. The largest absolute Gasteiger partial charge is 0.476 e. The number of aromatic carboxylic acids is 1. The maximum atomic E-state index is 13.8. The number of alkyl halides is 3. The van der Waals surface area contributed by atoms with Gasteiger partial charge in [-0.3, -0.25) is 9.48 Å².